The zero-order chi connectivity index (χ0) is 25.2. The fraction of sp³-hybridized carbons (Fsp3) is 0.333. The average Bonchev–Trinajstić information content (AvgIpc) is 2.82. The topological polar surface area (TPSA) is 49.4 Å². The predicted octanol–water partition coefficient (Wildman–Crippen LogP) is 5.54. The molecular formula is C30H35FN2O2. The highest BCUT2D eigenvalue weighted by molar-refractivity contribution is 5.88. The van der Waals surface area contributed by atoms with Gasteiger partial charge in [-0.3, -0.25) is 9.59 Å². The molecule has 1 unspecified atom stereocenters. The smallest absolute Gasteiger partial charge is 0.243 e. The molecular weight excluding hydrogens is 439 g/mol. The van der Waals surface area contributed by atoms with Crippen LogP contribution in [0.2, 0.25) is 0 Å². The van der Waals surface area contributed by atoms with Crippen LogP contribution in [0.1, 0.15) is 47.6 Å². The summed E-state index contributed by atoms with van der Waals surface area (Å²) in [5.74, 6) is -0.807. The third-order valence-electron chi connectivity index (χ3n) is 6.04. The van der Waals surface area contributed by atoms with E-state index >= 15 is 0 Å². The maximum atomic E-state index is 14.6. The van der Waals surface area contributed by atoms with E-state index in [0.29, 0.717) is 18.5 Å². The number of benzene rings is 3. The molecule has 0 aliphatic rings. The Balaban J connectivity index is 1.97. The number of nitrogens with one attached hydrogen (secondary N) is 1. The largest absolute Gasteiger partial charge is 0.354 e. The average molecular weight is 475 g/mol. The first-order chi connectivity index (χ1) is 16.9. The molecule has 3 aromatic carbocycles. The van der Waals surface area contributed by atoms with E-state index in [2.05, 4.69) is 18.3 Å². The summed E-state index contributed by atoms with van der Waals surface area (Å²) in [5.41, 5.74) is 4.37. The maximum Gasteiger partial charge on any atom is 0.243 e. The number of aryl methyl sites for hydroxylation is 2. The summed E-state index contributed by atoms with van der Waals surface area (Å²) in [6.07, 6.45) is 2.30. The Labute approximate surface area is 208 Å². The van der Waals surface area contributed by atoms with Crippen molar-refractivity contribution in [2.75, 3.05) is 6.54 Å². The molecule has 0 bridgehead atoms. The minimum Gasteiger partial charge on any atom is -0.354 e. The number of carbonyl (C=O) groups is 2. The van der Waals surface area contributed by atoms with Crippen molar-refractivity contribution in [3.63, 3.8) is 0 Å². The molecule has 1 atom stereocenters. The Kier molecular flexibility index (Phi) is 9.59. The molecule has 0 aromatic heterocycles. The normalized spacial score (nSPS) is 11.7. The van der Waals surface area contributed by atoms with Crippen LogP contribution in [0.4, 0.5) is 4.39 Å². The quantitative estimate of drug-likeness (QED) is 0.371. The van der Waals surface area contributed by atoms with Crippen LogP contribution in [0.25, 0.3) is 0 Å². The molecule has 1 N–H and O–H groups in total. The number of hydrogen-bond acceptors (Lipinski definition) is 2. The van der Waals surface area contributed by atoms with Crippen molar-refractivity contribution in [1.29, 1.82) is 0 Å². The number of halogens is 1. The van der Waals surface area contributed by atoms with E-state index in [1.165, 1.54) is 6.07 Å². The summed E-state index contributed by atoms with van der Waals surface area (Å²) in [6.45, 7) is 6.62. The van der Waals surface area contributed by atoms with Crippen LogP contribution in [-0.2, 0) is 29.0 Å². The van der Waals surface area contributed by atoms with Gasteiger partial charge in [0.2, 0.25) is 11.8 Å². The Morgan fingerprint density at radius 2 is 1.57 bits per heavy atom. The molecule has 3 aromatic rings. The lowest BCUT2D eigenvalue weighted by Crippen LogP contribution is -2.51. The number of rotatable bonds is 11. The highest BCUT2D eigenvalue weighted by atomic mass is 19.1. The molecule has 0 aliphatic carbocycles. The molecule has 0 saturated heterocycles. The van der Waals surface area contributed by atoms with Crippen LogP contribution >= 0.6 is 0 Å². The van der Waals surface area contributed by atoms with Crippen molar-refractivity contribution in [2.24, 2.45) is 0 Å². The van der Waals surface area contributed by atoms with Crippen LogP contribution in [0.3, 0.4) is 0 Å². The summed E-state index contributed by atoms with van der Waals surface area (Å²) >= 11 is 0. The molecule has 0 radical (unpaired) electrons. The van der Waals surface area contributed by atoms with Gasteiger partial charge in [0, 0.05) is 25.1 Å². The highest BCUT2D eigenvalue weighted by Crippen LogP contribution is 2.19. The molecule has 35 heavy (non-hydrogen) atoms. The standard InChI is InChI=1S/C30H35FN2O2/c1-4-5-15-32-30(35)28(19-24-11-7-6-8-12-24)33(21-26-13-9-10-14-27(26)31)29(34)20-25-17-22(2)16-23(3)18-25/h6-14,16-18,28H,4-5,15,19-21H2,1-3H3,(H,32,35). The second kappa shape index (κ2) is 12.8. The van der Waals surface area contributed by atoms with E-state index in [1.807, 2.05) is 56.3 Å². The molecule has 5 heteroatoms. The van der Waals surface area contributed by atoms with E-state index in [1.54, 1.807) is 23.1 Å². The molecule has 2 amide bonds. The van der Waals surface area contributed by atoms with Crippen LogP contribution in [0, 0.1) is 19.7 Å². The van der Waals surface area contributed by atoms with Gasteiger partial charge in [-0.2, -0.15) is 0 Å². The first kappa shape index (κ1) is 26.1. The molecule has 0 heterocycles. The second-order valence-corrected chi connectivity index (χ2v) is 9.14. The Hall–Kier alpha value is -3.47. The summed E-state index contributed by atoms with van der Waals surface area (Å²) < 4.78 is 14.6. The fourth-order valence-electron chi connectivity index (χ4n) is 4.32. The number of amides is 2. The van der Waals surface area contributed by atoms with Gasteiger partial charge in [0.25, 0.3) is 0 Å². The maximum absolute atomic E-state index is 14.6. The first-order valence-corrected chi connectivity index (χ1v) is 12.3. The van der Waals surface area contributed by atoms with Gasteiger partial charge in [-0.1, -0.05) is 91.2 Å². The van der Waals surface area contributed by atoms with Crippen molar-refractivity contribution in [1.82, 2.24) is 10.2 Å². The third kappa shape index (κ3) is 7.78. The molecule has 184 valence electrons. The monoisotopic (exact) mass is 474 g/mol. The lowest BCUT2D eigenvalue weighted by Gasteiger charge is -2.32. The minimum absolute atomic E-state index is 0.0228. The molecule has 4 nitrogen and oxygen atoms in total. The SMILES string of the molecule is CCCCNC(=O)C(Cc1ccccc1)N(Cc1ccccc1F)C(=O)Cc1cc(C)cc(C)c1. The van der Waals surface area contributed by atoms with Gasteiger partial charge in [-0.25, -0.2) is 4.39 Å². The van der Waals surface area contributed by atoms with Crippen molar-refractivity contribution < 1.29 is 14.0 Å². The van der Waals surface area contributed by atoms with Gasteiger partial charge in [0.05, 0.1) is 6.42 Å². The van der Waals surface area contributed by atoms with Gasteiger partial charge < -0.3 is 10.2 Å². The van der Waals surface area contributed by atoms with Gasteiger partial charge in [-0.15, -0.1) is 0 Å². The summed E-state index contributed by atoms with van der Waals surface area (Å²) in [6, 6.07) is 21.3. The Morgan fingerprint density at radius 3 is 2.23 bits per heavy atom. The second-order valence-electron chi connectivity index (χ2n) is 9.14. The van der Waals surface area contributed by atoms with Crippen LogP contribution < -0.4 is 5.32 Å². The van der Waals surface area contributed by atoms with Crippen molar-refractivity contribution in [2.45, 2.75) is 59.0 Å². The summed E-state index contributed by atoms with van der Waals surface area (Å²) in [5, 5.41) is 3.00. The zero-order valence-electron chi connectivity index (χ0n) is 20.9. The van der Waals surface area contributed by atoms with Crippen LogP contribution in [0.15, 0.2) is 72.8 Å². The van der Waals surface area contributed by atoms with Gasteiger partial charge in [-0.05, 0) is 37.5 Å². The van der Waals surface area contributed by atoms with Crippen molar-refractivity contribution in [3.05, 3.63) is 106 Å². The Bertz CT molecular complexity index is 1110. The van der Waals surface area contributed by atoms with Gasteiger partial charge in [0.15, 0.2) is 0 Å². The number of hydrogen-bond donors (Lipinski definition) is 1. The number of carbonyl (C=O) groups excluding carboxylic acids is 2. The van der Waals surface area contributed by atoms with E-state index in [-0.39, 0.29) is 30.6 Å². The van der Waals surface area contributed by atoms with E-state index in [4.69, 9.17) is 0 Å². The Morgan fingerprint density at radius 1 is 0.914 bits per heavy atom. The van der Waals surface area contributed by atoms with Crippen molar-refractivity contribution in [3.8, 4) is 0 Å². The van der Waals surface area contributed by atoms with Gasteiger partial charge in [0.1, 0.15) is 11.9 Å². The van der Waals surface area contributed by atoms with E-state index in [9.17, 15) is 14.0 Å². The summed E-state index contributed by atoms with van der Waals surface area (Å²) in [7, 11) is 0. The molecule has 0 spiro atoms. The third-order valence-corrected chi connectivity index (χ3v) is 6.04. The van der Waals surface area contributed by atoms with Gasteiger partial charge >= 0.3 is 0 Å². The highest BCUT2D eigenvalue weighted by Gasteiger charge is 2.30. The predicted molar refractivity (Wildman–Crippen MR) is 138 cm³/mol. The van der Waals surface area contributed by atoms with Crippen LogP contribution in [0.5, 0.6) is 0 Å². The van der Waals surface area contributed by atoms with Crippen molar-refractivity contribution >= 4 is 11.8 Å². The lowest BCUT2D eigenvalue weighted by molar-refractivity contribution is -0.140. The zero-order valence-corrected chi connectivity index (χ0v) is 20.9. The van der Waals surface area contributed by atoms with Crippen LogP contribution in [-0.4, -0.2) is 29.3 Å². The van der Waals surface area contributed by atoms with E-state index in [0.717, 1.165) is 35.1 Å². The molecule has 0 fully saturated rings. The minimum atomic E-state index is -0.757. The molecule has 0 aliphatic heterocycles. The molecule has 0 saturated carbocycles. The lowest BCUT2D eigenvalue weighted by atomic mass is 10.00. The molecule has 3 rings (SSSR count). The number of unbranched alkanes of at least 4 members (excludes halogenated alkanes) is 1. The summed E-state index contributed by atoms with van der Waals surface area (Å²) in [4.78, 5) is 28.7. The number of nitrogens with zero attached hydrogens (tertiary/aromatic N) is 1. The fourth-order valence-corrected chi connectivity index (χ4v) is 4.32. The van der Waals surface area contributed by atoms with E-state index < -0.39 is 6.04 Å². The first-order valence-electron chi connectivity index (χ1n) is 12.3.